The van der Waals surface area contributed by atoms with Gasteiger partial charge in [0.1, 0.15) is 18.3 Å². The van der Waals surface area contributed by atoms with E-state index in [1.54, 1.807) is 48.5 Å². The molecule has 2 amide bonds. The van der Waals surface area contributed by atoms with Gasteiger partial charge in [0, 0.05) is 24.4 Å². The first-order valence-corrected chi connectivity index (χ1v) is 18.8. The lowest BCUT2D eigenvalue weighted by Crippen LogP contribution is -2.53. The number of carbonyl (C=O) groups is 2. The van der Waals surface area contributed by atoms with Crippen LogP contribution in [0.15, 0.2) is 113 Å². The lowest BCUT2D eigenvalue weighted by Gasteiger charge is -2.34. The van der Waals surface area contributed by atoms with Crippen molar-refractivity contribution in [1.29, 1.82) is 0 Å². The third-order valence-electron chi connectivity index (χ3n) is 7.92. The van der Waals surface area contributed by atoms with Crippen molar-refractivity contribution in [3.8, 4) is 5.75 Å². The summed E-state index contributed by atoms with van der Waals surface area (Å²) in [6, 6.07) is 29.7. The van der Waals surface area contributed by atoms with E-state index >= 15 is 0 Å². The molecule has 0 heterocycles. The molecule has 10 heteroatoms. The van der Waals surface area contributed by atoms with Crippen LogP contribution in [0.25, 0.3) is 0 Å². The zero-order valence-corrected chi connectivity index (χ0v) is 29.9. The van der Waals surface area contributed by atoms with Crippen molar-refractivity contribution in [2.75, 3.05) is 30.3 Å². The Labute approximate surface area is 289 Å². The van der Waals surface area contributed by atoms with Gasteiger partial charge in [-0.15, -0.1) is 11.8 Å². The fraction of sp³-hybridized carbons (Fsp3) is 0.316. The molecule has 0 saturated heterocycles. The zero-order chi connectivity index (χ0) is 34.7. The van der Waals surface area contributed by atoms with Crippen LogP contribution in [0.2, 0.25) is 0 Å². The standard InChI is InChI=1S/C38H45N3O5S2/c1-6-46-36-19-13-12-18-34(36)41(48(44,45)33-22-20-32(47-5)21-23-33)27-37(42)40(26-31-17-11-10-14-29(31)4)35(38(43)39-25-28(2)3)24-30-15-8-7-9-16-30/h7-23,28,35H,6,24-27H2,1-5H3,(H,39,43)/t35-/m0/s1. The molecule has 254 valence electrons. The minimum Gasteiger partial charge on any atom is -0.492 e. The fourth-order valence-electron chi connectivity index (χ4n) is 5.28. The highest BCUT2D eigenvalue weighted by Gasteiger charge is 2.35. The van der Waals surface area contributed by atoms with Gasteiger partial charge in [-0.3, -0.25) is 13.9 Å². The molecule has 0 bridgehead atoms. The van der Waals surface area contributed by atoms with Crippen molar-refractivity contribution in [2.24, 2.45) is 5.92 Å². The van der Waals surface area contributed by atoms with Crippen LogP contribution in [0.4, 0.5) is 5.69 Å². The molecule has 1 N–H and O–H groups in total. The van der Waals surface area contributed by atoms with Crippen molar-refractivity contribution >= 4 is 39.3 Å². The zero-order valence-electron chi connectivity index (χ0n) is 28.3. The van der Waals surface area contributed by atoms with Crippen LogP contribution < -0.4 is 14.4 Å². The van der Waals surface area contributed by atoms with E-state index < -0.39 is 28.5 Å². The predicted molar refractivity (Wildman–Crippen MR) is 194 cm³/mol. The second-order valence-corrected chi connectivity index (χ2v) is 14.6. The number of thioether (sulfide) groups is 1. The van der Waals surface area contributed by atoms with Gasteiger partial charge in [0.25, 0.3) is 10.0 Å². The Kier molecular flexibility index (Phi) is 13.1. The largest absolute Gasteiger partial charge is 0.492 e. The summed E-state index contributed by atoms with van der Waals surface area (Å²) in [7, 11) is -4.26. The van der Waals surface area contributed by atoms with Gasteiger partial charge in [-0.05, 0) is 79.1 Å². The van der Waals surface area contributed by atoms with Crippen molar-refractivity contribution in [3.05, 3.63) is 120 Å². The number of nitrogens with zero attached hydrogens (tertiary/aromatic N) is 2. The number of amides is 2. The van der Waals surface area contributed by atoms with Crippen molar-refractivity contribution < 1.29 is 22.7 Å². The molecule has 0 aromatic heterocycles. The maximum absolute atomic E-state index is 14.8. The van der Waals surface area contributed by atoms with Gasteiger partial charge < -0.3 is 15.0 Å². The highest BCUT2D eigenvalue weighted by molar-refractivity contribution is 7.98. The van der Waals surface area contributed by atoms with Gasteiger partial charge in [-0.2, -0.15) is 0 Å². The molecule has 0 aliphatic carbocycles. The van der Waals surface area contributed by atoms with Crippen LogP contribution in [-0.4, -0.2) is 57.1 Å². The predicted octanol–water partition coefficient (Wildman–Crippen LogP) is 6.72. The SMILES string of the molecule is CCOc1ccccc1N(CC(=O)N(Cc1ccccc1C)[C@@H](Cc1ccccc1)C(=O)NCC(C)C)S(=O)(=O)c1ccc(SC)cc1. The highest BCUT2D eigenvalue weighted by atomic mass is 32.2. The van der Waals surface area contributed by atoms with Crippen LogP contribution in [-0.2, 0) is 32.6 Å². The number of hydrogen-bond acceptors (Lipinski definition) is 6. The first-order valence-electron chi connectivity index (χ1n) is 16.1. The number of nitrogens with one attached hydrogen (secondary N) is 1. The Bertz CT molecular complexity index is 1760. The number of hydrogen-bond donors (Lipinski definition) is 1. The van der Waals surface area contributed by atoms with Gasteiger partial charge in [-0.1, -0.05) is 80.6 Å². The third kappa shape index (κ3) is 9.41. The second-order valence-electron chi connectivity index (χ2n) is 11.9. The van der Waals surface area contributed by atoms with Gasteiger partial charge in [-0.25, -0.2) is 8.42 Å². The molecule has 4 aromatic rings. The first-order chi connectivity index (χ1) is 23.0. The molecule has 0 fully saturated rings. The van der Waals surface area contributed by atoms with Gasteiger partial charge in [0.2, 0.25) is 11.8 Å². The number of carbonyl (C=O) groups excluding carboxylic acids is 2. The Morgan fingerprint density at radius 2 is 1.52 bits per heavy atom. The number of aryl methyl sites for hydroxylation is 1. The van der Waals surface area contributed by atoms with Crippen LogP contribution in [0.3, 0.4) is 0 Å². The van der Waals surface area contributed by atoms with E-state index in [2.05, 4.69) is 5.32 Å². The van der Waals surface area contributed by atoms with Gasteiger partial charge >= 0.3 is 0 Å². The molecule has 4 rings (SSSR count). The summed E-state index contributed by atoms with van der Waals surface area (Å²) in [5.74, 6) is -0.293. The van der Waals surface area contributed by atoms with E-state index in [0.29, 0.717) is 18.9 Å². The summed E-state index contributed by atoms with van der Waals surface area (Å²) in [4.78, 5) is 31.2. The lowest BCUT2D eigenvalue weighted by atomic mass is 10.0. The van der Waals surface area contributed by atoms with Crippen LogP contribution in [0.5, 0.6) is 5.75 Å². The Morgan fingerprint density at radius 3 is 2.17 bits per heavy atom. The molecule has 0 spiro atoms. The topological polar surface area (TPSA) is 96.0 Å². The normalized spacial score (nSPS) is 12.0. The number of benzene rings is 4. The Balaban J connectivity index is 1.84. The molecule has 0 saturated carbocycles. The molecule has 1 atom stereocenters. The summed E-state index contributed by atoms with van der Waals surface area (Å²) in [5.41, 5.74) is 2.93. The fourth-order valence-corrected chi connectivity index (χ4v) is 7.11. The molecular weight excluding hydrogens is 643 g/mol. The summed E-state index contributed by atoms with van der Waals surface area (Å²) >= 11 is 1.50. The average molecular weight is 688 g/mol. The number of ether oxygens (including phenoxy) is 1. The van der Waals surface area contributed by atoms with Crippen molar-refractivity contribution in [3.63, 3.8) is 0 Å². The monoisotopic (exact) mass is 687 g/mol. The first kappa shape index (κ1) is 36.6. The Morgan fingerprint density at radius 1 is 0.875 bits per heavy atom. The number of para-hydroxylation sites is 2. The Hall–Kier alpha value is -4.28. The quantitative estimate of drug-likeness (QED) is 0.131. The van der Waals surface area contributed by atoms with Crippen LogP contribution >= 0.6 is 11.8 Å². The summed E-state index contributed by atoms with van der Waals surface area (Å²) < 4.78 is 35.9. The highest BCUT2D eigenvalue weighted by Crippen LogP contribution is 2.33. The van der Waals surface area contributed by atoms with E-state index in [0.717, 1.165) is 25.9 Å². The van der Waals surface area contributed by atoms with E-state index in [-0.39, 0.29) is 35.4 Å². The number of rotatable bonds is 16. The van der Waals surface area contributed by atoms with E-state index in [1.807, 2.05) is 88.5 Å². The second kappa shape index (κ2) is 17.2. The third-order valence-corrected chi connectivity index (χ3v) is 10.4. The summed E-state index contributed by atoms with van der Waals surface area (Å²) in [6.45, 7) is 8.08. The van der Waals surface area contributed by atoms with Crippen molar-refractivity contribution in [1.82, 2.24) is 10.2 Å². The minimum absolute atomic E-state index is 0.0420. The molecule has 48 heavy (non-hydrogen) atoms. The maximum atomic E-state index is 14.8. The molecule has 0 aliphatic rings. The molecule has 0 aliphatic heterocycles. The smallest absolute Gasteiger partial charge is 0.264 e. The molecule has 0 radical (unpaired) electrons. The van der Waals surface area contributed by atoms with E-state index in [1.165, 1.54) is 16.7 Å². The molecule has 8 nitrogen and oxygen atoms in total. The summed E-state index contributed by atoms with van der Waals surface area (Å²) in [5, 5.41) is 3.03. The molecular formula is C38H45N3O5S2. The minimum atomic E-state index is -4.26. The lowest BCUT2D eigenvalue weighted by molar-refractivity contribution is -0.140. The average Bonchev–Trinajstić information content (AvgIpc) is 3.09. The van der Waals surface area contributed by atoms with Crippen LogP contribution in [0.1, 0.15) is 37.5 Å². The molecule has 4 aromatic carbocycles. The maximum Gasteiger partial charge on any atom is 0.264 e. The number of anilines is 1. The van der Waals surface area contributed by atoms with Crippen molar-refractivity contribution in [2.45, 2.75) is 56.5 Å². The number of sulfonamides is 1. The van der Waals surface area contributed by atoms with E-state index in [9.17, 15) is 18.0 Å². The van der Waals surface area contributed by atoms with Crippen LogP contribution in [0, 0.1) is 12.8 Å². The molecule has 0 unspecified atom stereocenters. The van der Waals surface area contributed by atoms with Gasteiger partial charge in [0.05, 0.1) is 17.2 Å². The van der Waals surface area contributed by atoms with Gasteiger partial charge in [0.15, 0.2) is 0 Å². The summed E-state index contributed by atoms with van der Waals surface area (Å²) in [6.07, 6.45) is 2.17. The van der Waals surface area contributed by atoms with E-state index in [4.69, 9.17) is 4.74 Å².